The lowest BCUT2D eigenvalue weighted by molar-refractivity contribution is -0.122. The van der Waals surface area contributed by atoms with Crippen molar-refractivity contribution in [1.29, 1.82) is 0 Å². The summed E-state index contributed by atoms with van der Waals surface area (Å²) < 4.78 is 4.28. The summed E-state index contributed by atoms with van der Waals surface area (Å²) in [6, 6.07) is 0. The number of thiazole rings is 1. The Hall–Kier alpha value is -1.67. The van der Waals surface area contributed by atoms with Gasteiger partial charge in [0.05, 0.1) is 5.56 Å². The maximum absolute atomic E-state index is 11.3. The minimum Gasteiger partial charge on any atom is -0.382 e. The third-order valence-corrected chi connectivity index (χ3v) is 5.62. The van der Waals surface area contributed by atoms with Gasteiger partial charge >= 0.3 is 0 Å². The molecule has 1 fully saturated rings. The molecular weight excluding hydrogens is 306 g/mol. The highest BCUT2D eigenvalue weighted by molar-refractivity contribution is 7.15. The number of carbonyl (C=O) groups excluding carboxylic acids is 1. The number of primary amides is 1. The second-order valence-electron chi connectivity index (χ2n) is 5.21. The van der Waals surface area contributed by atoms with Crippen LogP contribution in [0.25, 0.3) is 10.6 Å². The summed E-state index contributed by atoms with van der Waals surface area (Å²) in [5.74, 6) is 0.313. The normalized spacial score (nSPS) is 16.3. The molecule has 0 saturated carbocycles. The van der Waals surface area contributed by atoms with Crippen LogP contribution in [0.4, 0.5) is 10.8 Å². The number of anilines is 2. The van der Waals surface area contributed by atoms with Crippen LogP contribution in [-0.2, 0) is 4.79 Å². The van der Waals surface area contributed by atoms with E-state index in [4.69, 9.17) is 11.5 Å². The first kappa shape index (κ1) is 14.3. The standard InChI is InChI=1S/C13H17N5OS2/c1-7-6-20-12(16-7)9-10(14)17-21-13(9)18-4-2-8(3-5-18)11(15)19/h6,8H,2-5H2,1H3,(H2,14,17)(H2,15,19). The average molecular weight is 323 g/mol. The fraction of sp³-hybridized carbons (Fsp3) is 0.462. The third kappa shape index (κ3) is 2.73. The molecule has 0 radical (unpaired) electrons. The molecule has 6 nitrogen and oxygen atoms in total. The Kier molecular flexibility index (Phi) is 3.81. The molecule has 8 heteroatoms. The van der Waals surface area contributed by atoms with Gasteiger partial charge in [-0.3, -0.25) is 4.79 Å². The lowest BCUT2D eigenvalue weighted by Crippen LogP contribution is -2.38. The van der Waals surface area contributed by atoms with Gasteiger partial charge in [-0.2, -0.15) is 4.37 Å². The Balaban J connectivity index is 1.86. The number of aromatic nitrogens is 2. The van der Waals surface area contributed by atoms with Gasteiger partial charge in [-0.25, -0.2) is 4.98 Å². The highest BCUT2D eigenvalue weighted by atomic mass is 32.1. The average Bonchev–Trinajstić information content (AvgIpc) is 3.04. The van der Waals surface area contributed by atoms with Crippen LogP contribution in [0.3, 0.4) is 0 Å². The minimum absolute atomic E-state index is 0.0166. The molecule has 4 N–H and O–H groups in total. The van der Waals surface area contributed by atoms with Crippen LogP contribution in [0.5, 0.6) is 0 Å². The number of carbonyl (C=O) groups is 1. The Labute approximate surface area is 130 Å². The second kappa shape index (κ2) is 5.61. The zero-order valence-electron chi connectivity index (χ0n) is 11.7. The first-order valence-corrected chi connectivity index (χ1v) is 8.43. The molecule has 0 atom stereocenters. The van der Waals surface area contributed by atoms with Crippen molar-refractivity contribution in [3.8, 4) is 10.6 Å². The molecule has 2 aromatic rings. The van der Waals surface area contributed by atoms with Crippen molar-refractivity contribution in [3.63, 3.8) is 0 Å². The maximum Gasteiger partial charge on any atom is 0.220 e. The van der Waals surface area contributed by atoms with Gasteiger partial charge < -0.3 is 16.4 Å². The van der Waals surface area contributed by atoms with Crippen LogP contribution < -0.4 is 16.4 Å². The molecule has 0 bridgehead atoms. The van der Waals surface area contributed by atoms with E-state index in [0.29, 0.717) is 5.82 Å². The number of hydrogen-bond donors (Lipinski definition) is 2. The molecule has 0 aliphatic carbocycles. The van der Waals surface area contributed by atoms with Crippen LogP contribution in [0, 0.1) is 12.8 Å². The summed E-state index contributed by atoms with van der Waals surface area (Å²) >= 11 is 2.98. The Morgan fingerprint density at radius 3 is 2.71 bits per heavy atom. The molecule has 0 aromatic carbocycles. The Morgan fingerprint density at radius 1 is 1.43 bits per heavy atom. The van der Waals surface area contributed by atoms with Gasteiger partial charge in [0, 0.05) is 30.1 Å². The summed E-state index contributed by atoms with van der Waals surface area (Å²) in [7, 11) is 0. The fourth-order valence-corrected chi connectivity index (χ4v) is 4.33. The molecule has 1 aliphatic heterocycles. The molecule has 1 saturated heterocycles. The van der Waals surface area contributed by atoms with Gasteiger partial charge in [0.15, 0.2) is 0 Å². The van der Waals surface area contributed by atoms with Crippen molar-refractivity contribution in [3.05, 3.63) is 11.1 Å². The van der Waals surface area contributed by atoms with Crippen molar-refractivity contribution in [2.24, 2.45) is 11.7 Å². The quantitative estimate of drug-likeness (QED) is 0.898. The van der Waals surface area contributed by atoms with Crippen LogP contribution >= 0.6 is 22.9 Å². The van der Waals surface area contributed by atoms with Crippen molar-refractivity contribution >= 4 is 39.6 Å². The minimum atomic E-state index is -0.200. The van der Waals surface area contributed by atoms with Gasteiger partial charge in [-0.1, -0.05) is 0 Å². The number of rotatable bonds is 3. The van der Waals surface area contributed by atoms with Crippen LogP contribution in [0.1, 0.15) is 18.5 Å². The topological polar surface area (TPSA) is 98.1 Å². The number of nitrogens with two attached hydrogens (primary N) is 2. The van der Waals surface area contributed by atoms with E-state index in [-0.39, 0.29) is 11.8 Å². The molecule has 21 heavy (non-hydrogen) atoms. The molecule has 1 amide bonds. The van der Waals surface area contributed by atoms with Crippen molar-refractivity contribution in [2.75, 3.05) is 23.7 Å². The SMILES string of the molecule is Cc1csc(-c2c(N)nsc2N2CCC(C(N)=O)CC2)n1. The largest absolute Gasteiger partial charge is 0.382 e. The second-order valence-corrected chi connectivity index (χ2v) is 6.82. The number of hydrogen-bond acceptors (Lipinski definition) is 7. The van der Waals surface area contributed by atoms with Crippen LogP contribution in [0.15, 0.2) is 5.38 Å². The van der Waals surface area contributed by atoms with Gasteiger partial charge in [-0.05, 0) is 31.3 Å². The number of nitrogens with zero attached hydrogens (tertiary/aromatic N) is 3. The predicted octanol–water partition coefficient (Wildman–Crippen LogP) is 1.86. The van der Waals surface area contributed by atoms with E-state index in [1.165, 1.54) is 11.5 Å². The molecule has 3 heterocycles. The van der Waals surface area contributed by atoms with Crippen molar-refractivity contribution in [1.82, 2.24) is 9.36 Å². The van der Waals surface area contributed by atoms with Gasteiger partial charge in [0.25, 0.3) is 0 Å². The zero-order chi connectivity index (χ0) is 15.0. The summed E-state index contributed by atoms with van der Waals surface area (Å²) in [5, 5.41) is 3.96. The van der Waals surface area contributed by atoms with E-state index in [1.54, 1.807) is 11.3 Å². The first-order chi connectivity index (χ1) is 10.1. The smallest absolute Gasteiger partial charge is 0.220 e. The monoisotopic (exact) mass is 323 g/mol. The summed E-state index contributed by atoms with van der Waals surface area (Å²) in [6.07, 6.45) is 1.56. The highest BCUT2D eigenvalue weighted by Crippen LogP contribution is 2.41. The van der Waals surface area contributed by atoms with Crippen molar-refractivity contribution in [2.45, 2.75) is 19.8 Å². The van der Waals surface area contributed by atoms with E-state index < -0.39 is 0 Å². The van der Waals surface area contributed by atoms with E-state index in [2.05, 4.69) is 14.3 Å². The maximum atomic E-state index is 11.3. The molecule has 0 spiro atoms. The first-order valence-electron chi connectivity index (χ1n) is 6.78. The van der Waals surface area contributed by atoms with E-state index in [1.807, 2.05) is 12.3 Å². The van der Waals surface area contributed by atoms with E-state index in [0.717, 1.165) is 47.2 Å². The third-order valence-electron chi connectivity index (χ3n) is 3.72. The van der Waals surface area contributed by atoms with E-state index >= 15 is 0 Å². The molecule has 3 rings (SSSR count). The number of nitrogen functional groups attached to an aromatic ring is 1. The molecular formula is C13H17N5OS2. The van der Waals surface area contributed by atoms with Gasteiger partial charge in [0.1, 0.15) is 15.8 Å². The lowest BCUT2D eigenvalue weighted by Gasteiger charge is -2.31. The summed E-state index contributed by atoms with van der Waals surface area (Å²) in [5.41, 5.74) is 13.3. The summed E-state index contributed by atoms with van der Waals surface area (Å²) in [4.78, 5) is 18.0. The zero-order valence-corrected chi connectivity index (χ0v) is 13.3. The molecule has 0 unspecified atom stereocenters. The highest BCUT2D eigenvalue weighted by Gasteiger charge is 2.27. The van der Waals surface area contributed by atoms with Gasteiger partial charge in [0.2, 0.25) is 5.91 Å². The van der Waals surface area contributed by atoms with Crippen LogP contribution in [0.2, 0.25) is 0 Å². The van der Waals surface area contributed by atoms with E-state index in [9.17, 15) is 4.79 Å². The number of piperidine rings is 1. The Morgan fingerprint density at radius 2 is 2.14 bits per heavy atom. The predicted molar refractivity (Wildman–Crippen MR) is 86.5 cm³/mol. The summed E-state index contributed by atoms with van der Waals surface area (Å²) in [6.45, 7) is 3.56. The fourth-order valence-electron chi connectivity index (χ4n) is 2.55. The number of amides is 1. The van der Waals surface area contributed by atoms with Crippen LogP contribution in [-0.4, -0.2) is 28.4 Å². The van der Waals surface area contributed by atoms with Gasteiger partial charge in [-0.15, -0.1) is 11.3 Å². The molecule has 1 aliphatic rings. The number of aryl methyl sites for hydroxylation is 1. The Bertz CT molecular complexity index is 657. The van der Waals surface area contributed by atoms with Crippen molar-refractivity contribution < 1.29 is 4.79 Å². The molecule has 112 valence electrons. The molecule has 2 aromatic heterocycles. The lowest BCUT2D eigenvalue weighted by atomic mass is 9.96.